The topological polar surface area (TPSA) is 73.6 Å². The van der Waals surface area contributed by atoms with Crippen molar-refractivity contribution in [2.75, 3.05) is 13.2 Å². The molecule has 6 nitrogen and oxygen atoms in total. The van der Waals surface area contributed by atoms with Gasteiger partial charge in [-0.2, -0.15) is 5.10 Å². The van der Waals surface area contributed by atoms with Crippen molar-refractivity contribution in [1.29, 1.82) is 0 Å². The zero-order valence-electron chi connectivity index (χ0n) is 16.5. The fourth-order valence-corrected chi connectivity index (χ4v) is 3.92. The molecule has 0 spiro atoms. The molecule has 2 heterocycles. The molecule has 30 heavy (non-hydrogen) atoms. The van der Waals surface area contributed by atoms with E-state index >= 15 is 0 Å². The van der Waals surface area contributed by atoms with Gasteiger partial charge in [0.1, 0.15) is 29.9 Å². The highest BCUT2D eigenvalue weighted by atomic mass is 32.1. The van der Waals surface area contributed by atoms with E-state index in [1.165, 1.54) is 4.68 Å². The number of rotatable bonds is 8. The van der Waals surface area contributed by atoms with Crippen molar-refractivity contribution >= 4 is 22.1 Å². The molecule has 0 radical (unpaired) electrons. The Kier molecular flexibility index (Phi) is 6.11. The maximum atomic E-state index is 12.9. The van der Waals surface area contributed by atoms with Crippen LogP contribution in [0.15, 0.2) is 70.8 Å². The van der Waals surface area contributed by atoms with Crippen LogP contribution in [0.5, 0.6) is 11.5 Å². The number of benzene rings is 2. The average Bonchev–Trinajstić information content (AvgIpc) is 3.30. The molecule has 4 rings (SSSR count). The van der Waals surface area contributed by atoms with E-state index in [-0.39, 0.29) is 18.7 Å². The molecule has 0 aliphatic rings. The van der Waals surface area contributed by atoms with E-state index in [0.29, 0.717) is 17.7 Å². The van der Waals surface area contributed by atoms with Crippen LogP contribution in [0.1, 0.15) is 6.92 Å². The lowest BCUT2D eigenvalue weighted by Crippen LogP contribution is -2.32. The second kappa shape index (κ2) is 9.11. The molecule has 0 aliphatic carbocycles. The summed E-state index contributed by atoms with van der Waals surface area (Å²) in [4.78, 5) is 13.9. The molecule has 0 fully saturated rings. The fraction of sp³-hybridized carbons (Fsp3) is 0.217. The van der Waals surface area contributed by atoms with Crippen LogP contribution >= 0.6 is 11.3 Å². The molecule has 0 aliphatic heterocycles. The monoisotopic (exact) mass is 422 g/mol. The summed E-state index contributed by atoms with van der Waals surface area (Å²) in [6, 6.07) is 18.5. The predicted molar refractivity (Wildman–Crippen MR) is 118 cm³/mol. The Morgan fingerprint density at radius 2 is 1.70 bits per heavy atom. The third-order valence-corrected chi connectivity index (χ3v) is 5.46. The zero-order chi connectivity index (χ0) is 20.9. The van der Waals surface area contributed by atoms with Crippen molar-refractivity contribution < 1.29 is 14.6 Å². The summed E-state index contributed by atoms with van der Waals surface area (Å²) in [6.07, 6.45) is -0.890. The van der Waals surface area contributed by atoms with Gasteiger partial charge in [-0.15, -0.1) is 11.3 Å². The van der Waals surface area contributed by atoms with Crippen LogP contribution in [0.4, 0.5) is 0 Å². The van der Waals surface area contributed by atoms with Gasteiger partial charge in [-0.1, -0.05) is 24.3 Å². The number of ether oxygens (including phenoxy) is 2. The Morgan fingerprint density at radius 1 is 1.00 bits per heavy atom. The van der Waals surface area contributed by atoms with E-state index in [4.69, 9.17) is 9.47 Å². The van der Waals surface area contributed by atoms with Gasteiger partial charge < -0.3 is 14.6 Å². The first kappa shape index (κ1) is 20.1. The van der Waals surface area contributed by atoms with Crippen molar-refractivity contribution in [3.8, 4) is 22.1 Å². The number of aliphatic hydroxyl groups excluding tert-OH is 1. The van der Waals surface area contributed by atoms with Gasteiger partial charge in [0.15, 0.2) is 0 Å². The van der Waals surface area contributed by atoms with Crippen molar-refractivity contribution in [2.45, 2.75) is 19.6 Å². The molecule has 2 aromatic carbocycles. The molecule has 0 saturated heterocycles. The van der Waals surface area contributed by atoms with Crippen LogP contribution in [-0.4, -0.2) is 34.2 Å². The summed E-state index contributed by atoms with van der Waals surface area (Å²) in [5.41, 5.74) is 0.505. The highest BCUT2D eigenvalue weighted by Gasteiger charge is 2.15. The normalized spacial score (nSPS) is 12.1. The summed E-state index contributed by atoms with van der Waals surface area (Å²) < 4.78 is 12.4. The Hall–Kier alpha value is -3.16. The van der Waals surface area contributed by atoms with E-state index < -0.39 is 6.10 Å². The van der Waals surface area contributed by atoms with Crippen molar-refractivity contribution in [2.24, 2.45) is 0 Å². The molecule has 1 N–H and O–H groups in total. The van der Waals surface area contributed by atoms with E-state index in [2.05, 4.69) is 5.10 Å². The average molecular weight is 423 g/mol. The maximum absolute atomic E-state index is 12.9. The first-order valence-corrected chi connectivity index (χ1v) is 10.6. The lowest BCUT2D eigenvalue weighted by atomic mass is 10.1. The number of thiophene rings is 1. The van der Waals surface area contributed by atoms with Gasteiger partial charge in [0.05, 0.1) is 23.4 Å². The van der Waals surface area contributed by atoms with Gasteiger partial charge in [-0.3, -0.25) is 4.79 Å². The maximum Gasteiger partial charge on any atom is 0.274 e. The molecule has 2 aromatic heterocycles. The summed E-state index contributed by atoms with van der Waals surface area (Å²) in [5, 5.41) is 18.4. The second-order valence-corrected chi connectivity index (χ2v) is 7.68. The van der Waals surface area contributed by atoms with Crippen LogP contribution in [-0.2, 0) is 6.54 Å². The number of hydrogen-bond acceptors (Lipinski definition) is 6. The molecule has 0 amide bonds. The second-order valence-electron chi connectivity index (χ2n) is 6.73. The SMILES string of the molecule is CCOc1ccc(OC[C@H](O)Cn2nc(-c3cccs3)c3ccccc3c2=O)cc1. The number of nitrogens with zero attached hydrogens (tertiary/aromatic N) is 2. The van der Waals surface area contributed by atoms with Crippen molar-refractivity contribution in [1.82, 2.24) is 9.78 Å². The van der Waals surface area contributed by atoms with Crippen LogP contribution < -0.4 is 15.0 Å². The predicted octanol–water partition coefficient (Wildman–Crippen LogP) is 3.96. The molecule has 154 valence electrons. The van der Waals surface area contributed by atoms with Gasteiger partial charge >= 0.3 is 0 Å². The highest BCUT2D eigenvalue weighted by molar-refractivity contribution is 7.13. The van der Waals surface area contributed by atoms with Gasteiger partial charge in [0, 0.05) is 5.39 Å². The van der Waals surface area contributed by atoms with Gasteiger partial charge in [0.2, 0.25) is 0 Å². The summed E-state index contributed by atoms with van der Waals surface area (Å²) in [5.74, 6) is 1.38. The van der Waals surface area contributed by atoms with E-state index in [1.54, 1.807) is 29.5 Å². The molecule has 0 bridgehead atoms. The number of fused-ring (bicyclic) bond motifs is 1. The summed E-state index contributed by atoms with van der Waals surface area (Å²) in [7, 11) is 0. The minimum absolute atomic E-state index is 0.0407. The first-order chi connectivity index (χ1) is 14.7. The molecule has 0 saturated carbocycles. The lowest BCUT2D eigenvalue weighted by Gasteiger charge is -2.15. The Labute approximate surface area is 177 Å². The molecular weight excluding hydrogens is 400 g/mol. The van der Waals surface area contributed by atoms with Gasteiger partial charge in [-0.05, 0) is 48.7 Å². The molecular formula is C23H22N2O4S. The quantitative estimate of drug-likeness (QED) is 0.465. The van der Waals surface area contributed by atoms with Crippen LogP contribution in [0, 0.1) is 0 Å². The van der Waals surface area contributed by atoms with Crippen LogP contribution in [0.2, 0.25) is 0 Å². The molecule has 4 aromatic rings. The standard InChI is InChI=1S/C23H22N2O4S/c1-2-28-17-9-11-18(12-10-17)29-15-16(26)14-25-23(27)20-7-4-3-6-19(20)22(24-25)21-8-5-13-30-21/h3-13,16,26H,2,14-15H2,1H3/t16-/m1/s1. The Morgan fingerprint density at radius 3 is 2.37 bits per heavy atom. The minimum atomic E-state index is -0.890. The first-order valence-electron chi connectivity index (χ1n) is 9.73. The number of aliphatic hydroxyl groups is 1. The highest BCUT2D eigenvalue weighted by Crippen LogP contribution is 2.28. The van der Waals surface area contributed by atoms with E-state index in [0.717, 1.165) is 21.7 Å². The van der Waals surface area contributed by atoms with Crippen molar-refractivity contribution in [3.63, 3.8) is 0 Å². The van der Waals surface area contributed by atoms with Gasteiger partial charge in [0.25, 0.3) is 5.56 Å². The largest absolute Gasteiger partial charge is 0.494 e. The fourth-order valence-electron chi connectivity index (χ4n) is 3.20. The van der Waals surface area contributed by atoms with Gasteiger partial charge in [-0.25, -0.2) is 4.68 Å². The molecule has 0 unspecified atom stereocenters. The summed E-state index contributed by atoms with van der Waals surface area (Å²) >= 11 is 1.56. The van der Waals surface area contributed by atoms with Crippen molar-refractivity contribution in [3.05, 3.63) is 76.4 Å². The van der Waals surface area contributed by atoms with Crippen LogP contribution in [0.25, 0.3) is 21.3 Å². The van der Waals surface area contributed by atoms with Crippen LogP contribution in [0.3, 0.4) is 0 Å². The minimum Gasteiger partial charge on any atom is -0.494 e. The molecule has 7 heteroatoms. The number of aromatic nitrogens is 2. The zero-order valence-corrected chi connectivity index (χ0v) is 17.3. The third-order valence-electron chi connectivity index (χ3n) is 4.58. The third kappa shape index (κ3) is 4.37. The smallest absolute Gasteiger partial charge is 0.274 e. The Bertz CT molecular complexity index is 1170. The lowest BCUT2D eigenvalue weighted by molar-refractivity contribution is 0.0882. The molecule has 1 atom stereocenters. The Balaban J connectivity index is 1.53. The van der Waals surface area contributed by atoms with E-state index in [9.17, 15) is 9.90 Å². The van der Waals surface area contributed by atoms with E-state index in [1.807, 2.05) is 54.8 Å². The number of hydrogen-bond donors (Lipinski definition) is 1. The summed E-state index contributed by atoms with van der Waals surface area (Å²) in [6.45, 7) is 2.61.